The monoisotopic (exact) mass is 417 g/mol. The Balaban J connectivity index is 1.48. The summed E-state index contributed by atoms with van der Waals surface area (Å²) >= 11 is 0. The minimum absolute atomic E-state index is 0.0857. The zero-order chi connectivity index (χ0) is 20.9. The van der Waals surface area contributed by atoms with Gasteiger partial charge in [-0.25, -0.2) is 8.42 Å². The van der Waals surface area contributed by atoms with Gasteiger partial charge in [-0.05, 0) is 69.0 Å². The molecule has 156 valence electrons. The molecule has 1 saturated heterocycles. The fraction of sp³-hybridized carbons (Fsp3) is 0.429. The predicted octanol–water partition coefficient (Wildman–Crippen LogP) is 2.70. The van der Waals surface area contributed by atoms with Crippen LogP contribution in [0.25, 0.3) is 0 Å². The van der Waals surface area contributed by atoms with Crippen molar-refractivity contribution in [2.45, 2.75) is 37.7 Å². The van der Waals surface area contributed by atoms with Crippen LogP contribution in [-0.2, 0) is 10.0 Å². The molecule has 0 bridgehead atoms. The van der Waals surface area contributed by atoms with Crippen molar-refractivity contribution < 1.29 is 17.9 Å². The van der Waals surface area contributed by atoms with Gasteiger partial charge in [0.1, 0.15) is 10.6 Å². The number of carbonyl (C=O) groups excluding carboxylic acids is 1. The zero-order valence-electron chi connectivity index (χ0n) is 16.7. The third-order valence-corrected chi connectivity index (χ3v) is 6.77. The molecule has 0 atom stereocenters. The molecule has 0 spiro atoms. The molecule has 2 heterocycles. The number of rotatable bonds is 7. The van der Waals surface area contributed by atoms with E-state index in [1.54, 1.807) is 42.6 Å². The minimum atomic E-state index is -3.50. The van der Waals surface area contributed by atoms with Crippen LogP contribution < -0.4 is 10.1 Å². The van der Waals surface area contributed by atoms with E-state index < -0.39 is 10.0 Å². The van der Waals surface area contributed by atoms with E-state index in [-0.39, 0.29) is 22.8 Å². The van der Waals surface area contributed by atoms with Crippen molar-refractivity contribution in [2.24, 2.45) is 5.92 Å². The van der Waals surface area contributed by atoms with Crippen LogP contribution >= 0.6 is 0 Å². The Hall–Kier alpha value is -2.45. The first-order valence-corrected chi connectivity index (χ1v) is 11.3. The second kappa shape index (κ2) is 9.37. The minimum Gasteiger partial charge on any atom is -0.491 e. The van der Waals surface area contributed by atoms with Gasteiger partial charge in [-0.3, -0.25) is 9.78 Å². The van der Waals surface area contributed by atoms with Crippen LogP contribution in [0.15, 0.2) is 53.7 Å². The summed E-state index contributed by atoms with van der Waals surface area (Å²) in [6.07, 6.45) is 4.43. The van der Waals surface area contributed by atoms with Crippen LogP contribution in [-0.4, -0.2) is 49.4 Å². The topological polar surface area (TPSA) is 88.6 Å². The van der Waals surface area contributed by atoms with E-state index in [9.17, 15) is 13.2 Å². The maximum atomic E-state index is 12.6. The second-order valence-corrected chi connectivity index (χ2v) is 9.38. The number of nitrogens with zero attached hydrogens (tertiary/aromatic N) is 2. The molecule has 1 aliphatic heterocycles. The van der Waals surface area contributed by atoms with Crippen LogP contribution in [0.5, 0.6) is 5.75 Å². The van der Waals surface area contributed by atoms with E-state index in [4.69, 9.17) is 4.74 Å². The lowest BCUT2D eigenvalue weighted by Crippen LogP contribution is -2.41. The highest BCUT2D eigenvalue weighted by atomic mass is 32.2. The summed E-state index contributed by atoms with van der Waals surface area (Å²) in [5.41, 5.74) is 0.581. The number of hydrogen-bond donors (Lipinski definition) is 1. The van der Waals surface area contributed by atoms with Gasteiger partial charge in [0.05, 0.1) is 6.10 Å². The summed E-state index contributed by atoms with van der Waals surface area (Å²) in [5, 5.41) is 2.96. The lowest BCUT2D eigenvalue weighted by atomic mass is 9.98. The molecule has 1 amide bonds. The number of aromatic nitrogens is 1. The quantitative estimate of drug-likeness (QED) is 0.748. The number of carbonyl (C=O) groups is 1. The highest BCUT2D eigenvalue weighted by Gasteiger charge is 2.29. The van der Waals surface area contributed by atoms with Crippen LogP contribution in [0, 0.1) is 5.92 Å². The highest BCUT2D eigenvalue weighted by molar-refractivity contribution is 7.89. The molecule has 1 fully saturated rings. The summed E-state index contributed by atoms with van der Waals surface area (Å²) in [6, 6.07) is 10.3. The second-order valence-electron chi connectivity index (χ2n) is 7.44. The molecule has 8 heteroatoms. The van der Waals surface area contributed by atoms with Crippen molar-refractivity contribution in [3.63, 3.8) is 0 Å². The van der Waals surface area contributed by atoms with E-state index in [2.05, 4.69) is 10.3 Å². The molecule has 3 rings (SSSR count). The number of sulfonamides is 1. The van der Waals surface area contributed by atoms with E-state index in [0.29, 0.717) is 38.0 Å². The number of ether oxygens (including phenoxy) is 1. The van der Waals surface area contributed by atoms with Crippen molar-refractivity contribution in [3.05, 3.63) is 54.4 Å². The van der Waals surface area contributed by atoms with Crippen molar-refractivity contribution in [3.8, 4) is 5.75 Å². The molecule has 7 nitrogen and oxygen atoms in total. The maximum Gasteiger partial charge on any atom is 0.251 e. The molecule has 1 N–H and O–H groups in total. The number of benzene rings is 1. The smallest absolute Gasteiger partial charge is 0.251 e. The lowest BCUT2D eigenvalue weighted by Gasteiger charge is -2.31. The molecule has 0 radical (unpaired) electrons. The Morgan fingerprint density at radius 3 is 2.48 bits per heavy atom. The first-order valence-electron chi connectivity index (χ1n) is 9.81. The third-order valence-electron chi connectivity index (χ3n) is 4.89. The summed E-state index contributed by atoms with van der Waals surface area (Å²) in [6.45, 7) is 5.32. The van der Waals surface area contributed by atoms with Gasteiger partial charge >= 0.3 is 0 Å². The van der Waals surface area contributed by atoms with E-state index >= 15 is 0 Å². The number of hydrogen-bond acceptors (Lipinski definition) is 5. The number of pyridine rings is 1. The molecule has 2 aromatic rings. The van der Waals surface area contributed by atoms with Gasteiger partial charge in [-0.15, -0.1) is 0 Å². The average Bonchev–Trinajstić information content (AvgIpc) is 2.73. The van der Waals surface area contributed by atoms with Crippen molar-refractivity contribution in [2.75, 3.05) is 19.6 Å². The Morgan fingerprint density at radius 1 is 1.21 bits per heavy atom. The van der Waals surface area contributed by atoms with Gasteiger partial charge in [0, 0.05) is 37.6 Å². The zero-order valence-corrected chi connectivity index (χ0v) is 17.6. The lowest BCUT2D eigenvalue weighted by molar-refractivity contribution is 0.0941. The van der Waals surface area contributed by atoms with E-state index in [1.807, 2.05) is 13.8 Å². The summed E-state index contributed by atoms with van der Waals surface area (Å²) in [5.74, 6) is 0.855. The van der Waals surface area contributed by atoms with Gasteiger partial charge < -0.3 is 10.1 Å². The van der Waals surface area contributed by atoms with Gasteiger partial charge in [0.2, 0.25) is 10.0 Å². The fourth-order valence-electron chi connectivity index (χ4n) is 3.30. The van der Waals surface area contributed by atoms with Crippen molar-refractivity contribution in [1.82, 2.24) is 14.6 Å². The summed E-state index contributed by atoms with van der Waals surface area (Å²) in [7, 11) is -3.50. The number of piperidine rings is 1. The fourth-order valence-corrected chi connectivity index (χ4v) is 4.73. The maximum absolute atomic E-state index is 12.6. The van der Waals surface area contributed by atoms with Gasteiger partial charge in [0.15, 0.2) is 0 Å². The summed E-state index contributed by atoms with van der Waals surface area (Å²) < 4.78 is 32.4. The van der Waals surface area contributed by atoms with Crippen LogP contribution in [0.4, 0.5) is 0 Å². The first kappa shape index (κ1) is 21.3. The molecular formula is C21H27N3O4S. The molecule has 1 aromatic heterocycles. The Bertz CT molecular complexity index is 907. The third kappa shape index (κ3) is 5.55. The van der Waals surface area contributed by atoms with Crippen LogP contribution in [0.3, 0.4) is 0 Å². The van der Waals surface area contributed by atoms with Gasteiger partial charge in [-0.1, -0.05) is 0 Å². The summed E-state index contributed by atoms with van der Waals surface area (Å²) in [4.78, 5) is 16.5. The number of amides is 1. The van der Waals surface area contributed by atoms with Gasteiger partial charge in [-0.2, -0.15) is 4.31 Å². The van der Waals surface area contributed by atoms with Crippen LogP contribution in [0.2, 0.25) is 0 Å². The Kier molecular flexibility index (Phi) is 6.87. The number of nitrogens with one attached hydrogen (secondary N) is 1. The predicted molar refractivity (Wildman–Crippen MR) is 110 cm³/mol. The van der Waals surface area contributed by atoms with Gasteiger partial charge in [0.25, 0.3) is 5.91 Å². The van der Waals surface area contributed by atoms with E-state index in [1.165, 1.54) is 10.5 Å². The standard InChI is InChI=1S/C21H27N3O4S/c1-16(2)28-19-7-5-18(6-8-19)21(25)23-14-17-9-12-24(13-10-17)29(26,27)20-4-3-11-22-15-20/h3-8,11,15-17H,9-10,12-14H2,1-2H3,(H,23,25). The average molecular weight is 418 g/mol. The molecule has 29 heavy (non-hydrogen) atoms. The molecule has 0 saturated carbocycles. The van der Waals surface area contributed by atoms with E-state index in [0.717, 1.165) is 5.75 Å². The largest absolute Gasteiger partial charge is 0.491 e. The molecule has 0 unspecified atom stereocenters. The van der Waals surface area contributed by atoms with Crippen molar-refractivity contribution >= 4 is 15.9 Å². The normalized spacial score (nSPS) is 16.0. The Labute approximate surface area is 172 Å². The molecule has 1 aliphatic rings. The SMILES string of the molecule is CC(C)Oc1ccc(C(=O)NCC2CCN(S(=O)(=O)c3cccnc3)CC2)cc1. The molecule has 0 aliphatic carbocycles. The first-order chi connectivity index (χ1) is 13.9. The molecule has 1 aromatic carbocycles. The highest BCUT2D eigenvalue weighted by Crippen LogP contribution is 2.23. The van der Waals surface area contributed by atoms with Crippen molar-refractivity contribution in [1.29, 1.82) is 0 Å². The Morgan fingerprint density at radius 2 is 1.90 bits per heavy atom. The molecular weight excluding hydrogens is 390 g/mol. The van der Waals surface area contributed by atoms with Crippen LogP contribution in [0.1, 0.15) is 37.0 Å².